The third-order valence-corrected chi connectivity index (χ3v) is 7.65. The van der Waals surface area contributed by atoms with Gasteiger partial charge in [-0.25, -0.2) is 0 Å². The summed E-state index contributed by atoms with van der Waals surface area (Å²) in [5.74, 6) is 1.18. The largest absolute Gasteiger partial charge is 0.342 e. The summed E-state index contributed by atoms with van der Waals surface area (Å²) in [6, 6.07) is 9.97. The van der Waals surface area contributed by atoms with Crippen LogP contribution in [-0.4, -0.2) is 77.8 Å². The number of benzene rings is 1. The molecule has 0 spiro atoms. The van der Waals surface area contributed by atoms with Gasteiger partial charge < -0.3 is 14.7 Å². The zero-order valence-electron chi connectivity index (χ0n) is 19.1. The molecule has 6 heteroatoms. The summed E-state index contributed by atoms with van der Waals surface area (Å²) in [5.41, 5.74) is 2.58. The van der Waals surface area contributed by atoms with Crippen LogP contribution in [0.5, 0.6) is 0 Å². The van der Waals surface area contributed by atoms with Gasteiger partial charge in [0, 0.05) is 62.7 Å². The van der Waals surface area contributed by atoms with Crippen molar-refractivity contribution >= 4 is 22.7 Å². The van der Waals surface area contributed by atoms with Gasteiger partial charge in [0.05, 0.1) is 11.1 Å². The van der Waals surface area contributed by atoms with Gasteiger partial charge in [0.1, 0.15) is 0 Å². The lowest BCUT2D eigenvalue weighted by Gasteiger charge is -2.32. The molecule has 170 valence electrons. The Balaban J connectivity index is 1.36. The average molecular weight is 435 g/mol. The van der Waals surface area contributed by atoms with E-state index in [1.807, 2.05) is 40.1 Å². The van der Waals surface area contributed by atoms with E-state index >= 15 is 0 Å². The van der Waals surface area contributed by atoms with E-state index in [0.717, 1.165) is 67.8 Å². The van der Waals surface area contributed by atoms with Crippen molar-refractivity contribution < 1.29 is 9.59 Å². The van der Waals surface area contributed by atoms with Crippen molar-refractivity contribution in [1.29, 1.82) is 0 Å². The molecule has 0 N–H and O–H groups in total. The maximum Gasteiger partial charge on any atom is 0.254 e. The van der Waals surface area contributed by atoms with E-state index in [4.69, 9.17) is 4.98 Å². The quantitative estimate of drug-likeness (QED) is 0.739. The summed E-state index contributed by atoms with van der Waals surface area (Å²) in [5, 5.41) is 0.923. The third kappa shape index (κ3) is 4.38. The van der Waals surface area contributed by atoms with Gasteiger partial charge in [0.2, 0.25) is 5.91 Å². The fourth-order valence-corrected chi connectivity index (χ4v) is 5.58. The van der Waals surface area contributed by atoms with Crippen LogP contribution in [0.3, 0.4) is 0 Å². The molecule has 32 heavy (non-hydrogen) atoms. The minimum absolute atomic E-state index is 0.102. The van der Waals surface area contributed by atoms with E-state index in [1.165, 1.54) is 25.7 Å². The average Bonchev–Trinajstić information content (AvgIpc) is 3.51. The Labute approximate surface area is 190 Å². The number of rotatable bonds is 4. The third-order valence-electron chi connectivity index (χ3n) is 7.65. The highest BCUT2D eigenvalue weighted by molar-refractivity contribution is 6.06. The summed E-state index contributed by atoms with van der Waals surface area (Å²) < 4.78 is 0. The van der Waals surface area contributed by atoms with Crippen molar-refractivity contribution in [2.45, 2.75) is 44.4 Å². The molecule has 1 saturated carbocycles. The van der Waals surface area contributed by atoms with Crippen molar-refractivity contribution in [2.24, 2.45) is 5.92 Å². The molecule has 6 nitrogen and oxygen atoms in total. The van der Waals surface area contributed by atoms with Crippen molar-refractivity contribution in [3.63, 3.8) is 0 Å². The molecule has 1 aromatic carbocycles. The maximum absolute atomic E-state index is 13.5. The number of pyridine rings is 1. The highest BCUT2D eigenvalue weighted by Crippen LogP contribution is 2.32. The Morgan fingerprint density at radius 1 is 0.969 bits per heavy atom. The number of carbonyl (C=O) groups excluding carboxylic acids is 2. The number of piperazine rings is 1. The molecular weight excluding hydrogens is 400 g/mol. The number of nitrogens with zero attached hydrogens (tertiary/aromatic N) is 4. The van der Waals surface area contributed by atoms with Crippen LogP contribution in [0.25, 0.3) is 10.9 Å². The molecule has 3 heterocycles. The lowest BCUT2D eigenvalue weighted by atomic mass is 9.98. The molecule has 3 fully saturated rings. The maximum atomic E-state index is 13.5. The Bertz CT molecular complexity index is 992. The Kier molecular flexibility index (Phi) is 6.13. The van der Waals surface area contributed by atoms with E-state index in [-0.39, 0.29) is 11.8 Å². The molecule has 2 aliphatic heterocycles. The molecule has 2 amide bonds. The molecule has 0 unspecified atom stereocenters. The monoisotopic (exact) mass is 434 g/mol. The second-order valence-electron chi connectivity index (χ2n) is 9.89. The number of para-hydroxylation sites is 1. The molecule has 1 aromatic heterocycles. The van der Waals surface area contributed by atoms with Crippen molar-refractivity contribution in [3.8, 4) is 0 Å². The number of likely N-dealkylation sites (N-methyl/N-ethyl adjacent to an activating group) is 1. The van der Waals surface area contributed by atoms with Crippen LogP contribution < -0.4 is 0 Å². The number of likely N-dealkylation sites (tertiary alicyclic amines) is 1. The smallest absolute Gasteiger partial charge is 0.254 e. The lowest BCUT2D eigenvalue weighted by Crippen LogP contribution is -2.47. The highest BCUT2D eigenvalue weighted by Gasteiger charge is 2.31. The molecule has 1 aliphatic carbocycles. The van der Waals surface area contributed by atoms with Crippen molar-refractivity contribution in [3.05, 3.63) is 41.6 Å². The molecule has 3 aliphatic rings. The molecule has 0 bridgehead atoms. The predicted molar refractivity (Wildman–Crippen MR) is 126 cm³/mol. The van der Waals surface area contributed by atoms with Crippen LogP contribution in [0.15, 0.2) is 30.3 Å². The number of hydrogen-bond donors (Lipinski definition) is 0. The summed E-state index contributed by atoms with van der Waals surface area (Å²) in [4.78, 5) is 37.5. The van der Waals surface area contributed by atoms with E-state index in [0.29, 0.717) is 18.2 Å². The Hall–Kier alpha value is -2.47. The first kappa shape index (κ1) is 21.4. The first-order valence-corrected chi connectivity index (χ1v) is 12.2. The van der Waals surface area contributed by atoms with Gasteiger partial charge in [-0.1, -0.05) is 31.0 Å². The second-order valence-corrected chi connectivity index (χ2v) is 9.89. The molecule has 2 saturated heterocycles. The zero-order valence-corrected chi connectivity index (χ0v) is 19.1. The normalized spacial score (nSPS) is 22.7. The van der Waals surface area contributed by atoms with E-state index in [2.05, 4.69) is 11.9 Å². The van der Waals surface area contributed by atoms with Gasteiger partial charge >= 0.3 is 0 Å². The second kappa shape index (κ2) is 9.18. The first-order chi connectivity index (χ1) is 15.6. The van der Waals surface area contributed by atoms with E-state index in [1.54, 1.807) is 0 Å². The Morgan fingerprint density at radius 2 is 1.72 bits per heavy atom. The summed E-state index contributed by atoms with van der Waals surface area (Å²) in [6.45, 7) is 4.85. The van der Waals surface area contributed by atoms with Gasteiger partial charge in [-0.3, -0.25) is 14.6 Å². The zero-order chi connectivity index (χ0) is 22.1. The van der Waals surface area contributed by atoms with E-state index < -0.39 is 0 Å². The van der Waals surface area contributed by atoms with Crippen molar-refractivity contribution in [2.75, 3.05) is 46.3 Å². The van der Waals surface area contributed by atoms with Gasteiger partial charge in [0.15, 0.2) is 0 Å². The van der Waals surface area contributed by atoms with Crippen LogP contribution in [0.1, 0.15) is 60.5 Å². The minimum atomic E-state index is 0.102. The van der Waals surface area contributed by atoms with Gasteiger partial charge in [0.25, 0.3) is 5.91 Å². The standard InChI is InChI=1S/C26H34N4O2/c1-28-12-14-29(15-13-28)26(32)22-17-24(27-23-9-5-4-8-21(22)23)20-10-11-30(18-20)25(31)16-19-6-2-3-7-19/h4-5,8-9,17,19-20H,2-3,6-7,10-16,18H2,1H3/t20-/m0/s1. The van der Waals surface area contributed by atoms with E-state index in [9.17, 15) is 9.59 Å². The number of aromatic nitrogens is 1. The van der Waals surface area contributed by atoms with Crippen LogP contribution in [-0.2, 0) is 4.79 Å². The number of fused-ring (bicyclic) bond motifs is 1. The van der Waals surface area contributed by atoms with Gasteiger partial charge in [-0.15, -0.1) is 0 Å². The molecule has 2 aromatic rings. The molecule has 1 atom stereocenters. The molecule has 0 radical (unpaired) electrons. The van der Waals surface area contributed by atoms with Gasteiger partial charge in [-0.05, 0) is 44.4 Å². The number of carbonyl (C=O) groups is 2. The van der Waals surface area contributed by atoms with Crippen LogP contribution in [0, 0.1) is 5.92 Å². The van der Waals surface area contributed by atoms with Crippen LogP contribution >= 0.6 is 0 Å². The summed E-state index contributed by atoms with van der Waals surface area (Å²) in [7, 11) is 2.10. The number of amides is 2. The lowest BCUT2D eigenvalue weighted by molar-refractivity contribution is -0.131. The van der Waals surface area contributed by atoms with Gasteiger partial charge in [-0.2, -0.15) is 0 Å². The fourth-order valence-electron chi connectivity index (χ4n) is 5.58. The fraction of sp³-hybridized carbons (Fsp3) is 0.577. The summed E-state index contributed by atoms with van der Waals surface area (Å²) in [6.07, 6.45) is 6.56. The molecule has 5 rings (SSSR count). The SMILES string of the molecule is CN1CCN(C(=O)c2cc([C@H]3CCN(C(=O)CC4CCCC4)C3)nc3ccccc23)CC1. The van der Waals surface area contributed by atoms with Crippen LogP contribution in [0.2, 0.25) is 0 Å². The highest BCUT2D eigenvalue weighted by atomic mass is 16.2. The molecular formula is C26H34N4O2. The van der Waals surface area contributed by atoms with Crippen LogP contribution in [0.4, 0.5) is 0 Å². The topological polar surface area (TPSA) is 56.8 Å². The predicted octanol–water partition coefficient (Wildman–Crippen LogP) is 3.52. The summed E-state index contributed by atoms with van der Waals surface area (Å²) >= 11 is 0. The number of hydrogen-bond acceptors (Lipinski definition) is 4. The first-order valence-electron chi connectivity index (χ1n) is 12.2. The Morgan fingerprint density at radius 3 is 2.50 bits per heavy atom. The van der Waals surface area contributed by atoms with Crippen molar-refractivity contribution in [1.82, 2.24) is 19.7 Å². The minimum Gasteiger partial charge on any atom is -0.342 e.